The largest absolute Gasteiger partial charge is 0.433 e. The van der Waals surface area contributed by atoms with Crippen molar-refractivity contribution in [3.63, 3.8) is 0 Å². The van der Waals surface area contributed by atoms with Gasteiger partial charge in [-0.3, -0.25) is 10.1 Å². The number of nitrogens with two attached hydrogens (primary N) is 1. The zero-order valence-corrected chi connectivity index (χ0v) is 8.45. The average Bonchev–Trinajstić information content (AvgIpc) is 2.81. The van der Waals surface area contributed by atoms with Crippen LogP contribution >= 0.6 is 0 Å². The van der Waals surface area contributed by atoms with Crippen LogP contribution in [0.1, 0.15) is 11.5 Å². The number of furan rings is 1. The Morgan fingerprint density at radius 3 is 2.88 bits per heavy atom. The Morgan fingerprint density at radius 1 is 1.62 bits per heavy atom. The second-order valence-corrected chi connectivity index (χ2v) is 3.21. The summed E-state index contributed by atoms with van der Waals surface area (Å²) in [4.78, 5) is 9.80. The van der Waals surface area contributed by atoms with Crippen LogP contribution in [0.25, 0.3) is 0 Å². The van der Waals surface area contributed by atoms with Crippen LogP contribution in [0.15, 0.2) is 16.5 Å². The predicted molar refractivity (Wildman–Crippen MR) is 53.6 cm³/mol. The van der Waals surface area contributed by atoms with E-state index >= 15 is 0 Å². The van der Waals surface area contributed by atoms with Crippen molar-refractivity contribution in [3.05, 3.63) is 33.7 Å². The molecule has 0 aliphatic carbocycles. The molecule has 0 bridgehead atoms. The third kappa shape index (κ3) is 1.72. The first-order chi connectivity index (χ1) is 7.58. The van der Waals surface area contributed by atoms with E-state index in [1.54, 1.807) is 6.92 Å². The Balaban J connectivity index is 2.21. The van der Waals surface area contributed by atoms with E-state index in [0.717, 1.165) is 0 Å². The molecule has 0 saturated heterocycles. The molecule has 8 nitrogen and oxygen atoms in total. The van der Waals surface area contributed by atoms with Crippen molar-refractivity contribution < 1.29 is 9.34 Å². The molecule has 16 heavy (non-hydrogen) atoms. The Kier molecular flexibility index (Phi) is 2.31. The number of aromatic nitrogens is 3. The fourth-order valence-electron chi connectivity index (χ4n) is 1.22. The summed E-state index contributed by atoms with van der Waals surface area (Å²) in [5.41, 5.74) is 6.21. The van der Waals surface area contributed by atoms with Gasteiger partial charge in [0, 0.05) is 0 Å². The third-order valence-electron chi connectivity index (χ3n) is 2.15. The molecule has 2 heterocycles. The first kappa shape index (κ1) is 10.1. The molecule has 0 aromatic carbocycles. The quantitative estimate of drug-likeness (QED) is 0.605. The molecule has 2 rings (SSSR count). The highest BCUT2D eigenvalue weighted by Gasteiger charge is 2.13. The monoisotopic (exact) mass is 223 g/mol. The number of nitrogens with zero attached hydrogens (tertiary/aromatic N) is 4. The van der Waals surface area contributed by atoms with Gasteiger partial charge in [-0.05, 0) is 13.0 Å². The molecule has 84 valence electrons. The van der Waals surface area contributed by atoms with E-state index in [-0.39, 0.29) is 12.4 Å². The van der Waals surface area contributed by atoms with Gasteiger partial charge in [-0.1, -0.05) is 5.21 Å². The van der Waals surface area contributed by atoms with Crippen LogP contribution in [0.2, 0.25) is 0 Å². The summed E-state index contributed by atoms with van der Waals surface area (Å²) in [6, 6.07) is 2.82. The molecule has 0 fully saturated rings. The zero-order chi connectivity index (χ0) is 11.7. The van der Waals surface area contributed by atoms with Crippen molar-refractivity contribution in [3.8, 4) is 0 Å². The highest BCUT2D eigenvalue weighted by atomic mass is 16.6. The predicted octanol–water partition coefficient (Wildman–Crippen LogP) is 0.718. The van der Waals surface area contributed by atoms with E-state index in [1.165, 1.54) is 16.8 Å². The molecule has 0 unspecified atom stereocenters. The molecule has 0 aliphatic heterocycles. The van der Waals surface area contributed by atoms with Gasteiger partial charge in [0.1, 0.15) is 17.2 Å². The number of nitrogen functional groups attached to an aromatic ring is 1. The van der Waals surface area contributed by atoms with Gasteiger partial charge in [0.2, 0.25) is 0 Å². The van der Waals surface area contributed by atoms with E-state index in [0.29, 0.717) is 17.3 Å². The van der Waals surface area contributed by atoms with E-state index in [4.69, 9.17) is 10.2 Å². The number of anilines is 1. The maximum atomic E-state index is 10.4. The van der Waals surface area contributed by atoms with Crippen LogP contribution in [-0.2, 0) is 6.54 Å². The summed E-state index contributed by atoms with van der Waals surface area (Å²) in [6.45, 7) is 2.02. The summed E-state index contributed by atoms with van der Waals surface area (Å²) >= 11 is 0. The van der Waals surface area contributed by atoms with Crippen molar-refractivity contribution in [1.82, 2.24) is 15.0 Å². The highest BCUT2D eigenvalue weighted by molar-refractivity contribution is 5.31. The van der Waals surface area contributed by atoms with Gasteiger partial charge in [-0.2, -0.15) is 0 Å². The topological polar surface area (TPSA) is 113 Å². The van der Waals surface area contributed by atoms with E-state index in [2.05, 4.69) is 10.3 Å². The maximum Gasteiger partial charge on any atom is 0.433 e. The summed E-state index contributed by atoms with van der Waals surface area (Å²) in [5.74, 6) is 0.474. The van der Waals surface area contributed by atoms with Crippen molar-refractivity contribution in [2.45, 2.75) is 13.5 Å². The molecular weight excluding hydrogens is 214 g/mol. The highest BCUT2D eigenvalue weighted by Crippen LogP contribution is 2.17. The second kappa shape index (κ2) is 3.65. The number of hydrogen-bond acceptors (Lipinski definition) is 6. The van der Waals surface area contributed by atoms with Crippen molar-refractivity contribution >= 4 is 11.7 Å². The Bertz CT molecular complexity index is 530. The van der Waals surface area contributed by atoms with Crippen molar-refractivity contribution in [2.75, 3.05) is 5.73 Å². The number of nitro groups is 1. The summed E-state index contributed by atoms with van der Waals surface area (Å²) < 4.78 is 6.50. The fourth-order valence-corrected chi connectivity index (χ4v) is 1.22. The first-order valence-corrected chi connectivity index (χ1v) is 4.46. The summed E-state index contributed by atoms with van der Waals surface area (Å²) in [7, 11) is 0. The van der Waals surface area contributed by atoms with E-state index in [9.17, 15) is 10.1 Å². The lowest BCUT2D eigenvalue weighted by Crippen LogP contribution is -2.03. The van der Waals surface area contributed by atoms with Gasteiger partial charge < -0.3 is 10.2 Å². The van der Waals surface area contributed by atoms with Crippen LogP contribution in [0.3, 0.4) is 0 Å². The Morgan fingerprint density at radius 2 is 2.38 bits per heavy atom. The molecule has 0 radical (unpaired) electrons. The Labute approximate surface area is 89.8 Å². The standard InChI is InChI=1S/C8H9N5O3/c1-5-8(9)10-11-12(5)4-6-2-3-7(16-6)13(14)15/h2-3H,4,9H2,1H3. The van der Waals surface area contributed by atoms with Crippen molar-refractivity contribution in [2.24, 2.45) is 0 Å². The fraction of sp³-hybridized carbons (Fsp3) is 0.250. The van der Waals surface area contributed by atoms with Gasteiger partial charge in [-0.15, -0.1) is 5.10 Å². The first-order valence-electron chi connectivity index (χ1n) is 4.46. The van der Waals surface area contributed by atoms with Gasteiger partial charge in [-0.25, -0.2) is 4.68 Å². The molecule has 0 atom stereocenters. The molecule has 2 aromatic heterocycles. The van der Waals surface area contributed by atoms with E-state index < -0.39 is 4.92 Å². The van der Waals surface area contributed by atoms with Gasteiger partial charge in [0.05, 0.1) is 11.8 Å². The lowest BCUT2D eigenvalue weighted by atomic mass is 10.4. The van der Waals surface area contributed by atoms with Crippen LogP contribution in [0.4, 0.5) is 11.7 Å². The minimum Gasteiger partial charge on any atom is -0.404 e. The maximum absolute atomic E-state index is 10.4. The molecular formula is C8H9N5O3. The van der Waals surface area contributed by atoms with E-state index in [1.807, 2.05) is 0 Å². The lowest BCUT2D eigenvalue weighted by molar-refractivity contribution is -0.402. The normalized spacial score (nSPS) is 10.6. The molecule has 2 aromatic rings. The molecule has 0 saturated carbocycles. The zero-order valence-electron chi connectivity index (χ0n) is 8.45. The molecule has 0 spiro atoms. The van der Waals surface area contributed by atoms with Gasteiger partial charge in [0.15, 0.2) is 5.82 Å². The molecule has 0 amide bonds. The second-order valence-electron chi connectivity index (χ2n) is 3.21. The smallest absolute Gasteiger partial charge is 0.404 e. The summed E-state index contributed by atoms with van der Waals surface area (Å²) in [6.07, 6.45) is 0. The van der Waals surface area contributed by atoms with Crippen LogP contribution in [0, 0.1) is 17.0 Å². The Hall–Kier alpha value is -2.38. The molecule has 2 N–H and O–H groups in total. The molecule has 0 aliphatic rings. The number of hydrogen-bond donors (Lipinski definition) is 1. The average molecular weight is 223 g/mol. The van der Waals surface area contributed by atoms with Crippen LogP contribution < -0.4 is 5.73 Å². The van der Waals surface area contributed by atoms with Gasteiger partial charge >= 0.3 is 5.88 Å². The SMILES string of the molecule is Cc1c(N)nnn1Cc1ccc([N+](=O)[O-])o1. The van der Waals surface area contributed by atoms with Crippen molar-refractivity contribution in [1.29, 1.82) is 0 Å². The van der Waals surface area contributed by atoms with Crippen LogP contribution in [0.5, 0.6) is 0 Å². The summed E-state index contributed by atoms with van der Waals surface area (Å²) in [5, 5.41) is 17.8. The van der Waals surface area contributed by atoms with Gasteiger partial charge in [0.25, 0.3) is 0 Å². The minimum absolute atomic E-state index is 0.268. The minimum atomic E-state index is -0.591. The third-order valence-corrected chi connectivity index (χ3v) is 2.15. The number of rotatable bonds is 3. The van der Waals surface area contributed by atoms with Crippen LogP contribution in [-0.4, -0.2) is 19.9 Å². The lowest BCUT2D eigenvalue weighted by Gasteiger charge is -1.98. The molecule has 8 heteroatoms.